The number of hydrogen-bond acceptors (Lipinski definition) is 5. The number of rotatable bonds is 4. The number of amides is 1. The molecule has 4 rings (SSSR count). The van der Waals surface area contributed by atoms with E-state index in [-0.39, 0.29) is 24.2 Å². The van der Waals surface area contributed by atoms with Crippen LogP contribution in [-0.2, 0) is 13.0 Å². The number of aliphatic hydroxyl groups is 1. The van der Waals surface area contributed by atoms with Crippen LogP contribution in [0.2, 0.25) is 0 Å². The van der Waals surface area contributed by atoms with Gasteiger partial charge in [-0.2, -0.15) is 0 Å². The first kappa shape index (κ1) is 15.6. The van der Waals surface area contributed by atoms with Crippen molar-refractivity contribution in [3.63, 3.8) is 0 Å². The zero-order chi connectivity index (χ0) is 17.2. The van der Waals surface area contributed by atoms with Gasteiger partial charge in [-0.05, 0) is 30.2 Å². The van der Waals surface area contributed by atoms with Crippen LogP contribution < -0.4 is 4.90 Å². The smallest absolute Gasteiger partial charge is 0.293 e. The molecule has 3 aromatic rings. The molecule has 0 spiro atoms. The third-order valence-electron chi connectivity index (χ3n) is 4.40. The molecule has 2 aromatic heterocycles. The van der Waals surface area contributed by atoms with Gasteiger partial charge in [-0.3, -0.25) is 4.79 Å². The number of hydrogen-bond donors (Lipinski definition) is 1. The van der Waals surface area contributed by atoms with E-state index in [1.54, 1.807) is 34.1 Å². The van der Waals surface area contributed by atoms with Gasteiger partial charge in [-0.1, -0.05) is 23.4 Å². The molecular weight excluding hydrogens is 320 g/mol. The third-order valence-corrected chi connectivity index (χ3v) is 4.40. The number of benzene rings is 1. The lowest BCUT2D eigenvalue weighted by Crippen LogP contribution is -2.41. The van der Waals surface area contributed by atoms with Gasteiger partial charge in [0, 0.05) is 31.0 Å². The molecule has 7 heteroatoms. The van der Waals surface area contributed by atoms with Gasteiger partial charge >= 0.3 is 0 Å². The van der Waals surface area contributed by atoms with E-state index in [4.69, 9.17) is 4.42 Å². The highest BCUT2D eigenvalue weighted by atomic mass is 16.4. The van der Waals surface area contributed by atoms with Gasteiger partial charge in [0.25, 0.3) is 5.91 Å². The predicted molar refractivity (Wildman–Crippen MR) is 90.2 cm³/mol. The Morgan fingerprint density at radius 1 is 1.28 bits per heavy atom. The van der Waals surface area contributed by atoms with E-state index in [2.05, 4.69) is 10.3 Å². The van der Waals surface area contributed by atoms with Crippen LogP contribution >= 0.6 is 0 Å². The molecule has 1 amide bonds. The molecular formula is C18H18N4O3. The summed E-state index contributed by atoms with van der Waals surface area (Å²) in [5, 5.41) is 17.2. The van der Waals surface area contributed by atoms with Crippen LogP contribution in [0.25, 0.3) is 0 Å². The Morgan fingerprint density at radius 3 is 2.96 bits per heavy atom. The van der Waals surface area contributed by atoms with Gasteiger partial charge in [0.2, 0.25) is 0 Å². The van der Waals surface area contributed by atoms with Crippen LogP contribution in [-0.4, -0.2) is 39.2 Å². The largest absolute Gasteiger partial charge is 0.454 e. The Morgan fingerprint density at radius 2 is 2.16 bits per heavy atom. The number of anilines is 1. The van der Waals surface area contributed by atoms with Crippen molar-refractivity contribution in [2.45, 2.75) is 13.0 Å². The van der Waals surface area contributed by atoms with Crippen molar-refractivity contribution < 1.29 is 14.3 Å². The Hall–Kier alpha value is -2.93. The van der Waals surface area contributed by atoms with E-state index < -0.39 is 0 Å². The second-order valence-corrected chi connectivity index (χ2v) is 6.16. The van der Waals surface area contributed by atoms with Gasteiger partial charge < -0.3 is 14.4 Å². The molecule has 128 valence electrons. The van der Waals surface area contributed by atoms with Crippen LogP contribution in [0.4, 0.5) is 5.69 Å². The first-order valence-corrected chi connectivity index (χ1v) is 8.18. The summed E-state index contributed by atoms with van der Waals surface area (Å²) >= 11 is 0. The third kappa shape index (κ3) is 3.06. The minimum absolute atomic E-state index is 0.0310. The second-order valence-electron chi connectivity index (χ2n) is 6.16. The minimum atomic E-state index is -0.199. The maximum Gasteiger partial charge on any atom is 0.293 e. The average molecular weight is 338 g/mol. The van der Waals surface area contributed by atoms with Crippen LogP contribution in [0, 0.1) is 5.92 Å². The lowest BCUT2D eigenvalue weighted by atomic mass is 9.93. The molecule has 1 unspecified atom stereocenters. The summed E-state index contributed by atoms with van der Waals surface area (Å²) in [6, 6.07) is 11.2. The maximum atomic E-state index is 13.0. The van der Waals surface area contributed by atoms with E-state index in [9.17, 15) is 9.90 Å². The molecule has 7 nitrogen and oxygen atoms in total. The Labute approximate surface area is 144 Å². The SMILES string of the molecule is O=C(c1ccc(Cn2ccnn2)o1)N1CC(CO)Cc2ccccc21. The normalized spacial score (nSPS) is 16.7. The number of furan rings is 1. The fourth-order valence-corrected chi connectivity index (χ4v) is 3.18. The molecule has 1 aliphatic heterocycles. The molecule has 0 aliphatic carbocycles. The second kappa shape index (κ2) is 6.52. The maximum absolute atomic E-state index is 13.0. The summed E-state index contributed by atoms with van der Waals surface area (Å²) in [7, 11) is 0. The highest BCUT2D eigenvalue weighted by Gasteiger charge is 2.30. The monoisotopic (exact) mass is 338 g/mol. The van der Waals surface area contributed by atoms with Crippen LogP contribution in [0.3, 0.4) is 0 Å². The fourth-order valence-electron chi connectivity index (χ4n) is 3.18. The van der Waals surface area contributed by atoms with Crippen molar-refractivity contribution in [1.82, 2.24) is 15.0 Å². The number of carbonyl (C=O) groups excluding carboxylic acids is 1. The summed E-state index contributed by atoms with van der Waals surface area (Å²) in [6.45, 7) is 0.947. The summed E-state index contributed by atoms with van der Waals surface area (Å²) in [6.07, 6.45) is 4.09. The quantitative estimate of drug-likeness (QED) is 0.783. The van der Waals surface area contributed by atoms with Gasteiger partial charge in [0.05, 0.1) is 6.20 Å². The minimum Gasteiger partial charge on any atom is -0.454 e. The predicted octanol–water partition coefficient (Wildman–Crippen LogP) is 1.73. The zero-order valence-electron chi connectivity index (χ0n) is 13.6. The van der Waals surface area contributed by atoms with Crippen molar-refractivity contribution in [3.8, 4) is 0 Å². The molecule has 0 saturated heterocycles. The molecule has 1 N–H and O–H groups in total. The van der Waals surface area contributed by atoms with Gasteiger partial charge in [0.1, 0.15) is 12.3 Å². The molecule has 25 heavy (non-hydrogen) atoms. The van der Waals surface area contributed by atoms with E-state index in [0.717, 1.165) is 17.7 Å². The van der Waals surface area contributed by atoms with Gasteiger partial charge in [-0.25, -0.2) is 4.68 Å². The molecule has 1 aliphatic rings. The van der Waals surface area contributed by atoms with Crippen LogP contribution in [0.1, 0.15) is 21.9 Å². The Balaban J connectivity index is 1.59. The highest BCUT2D eigenvalue weighted by molar-refractivity contribution is 6.05. The van der Waals surface area contributed by atoms with Crippen molar-refractivity contribution >= 4 is 11.6 Å². The van der Waals surface area contributed by atoms with Gasteiger partial charge in [-0.15, -0.1) is 5.10 Å². The number of fused-ring (bicyclic) bond motifs is 1. The fraction of sp³-hybridized carbons (Fsp3) is 0.278. The standard InChI is InChI=1S/C18H18N4O3/c23-12-13-9-14-3-1-2-4-16(14)22(10-13)18(24)17-6-5-15(25-17)11-21-8-7-19-20-21/h1-8,13,23H,9-12H2. The van der Waals surface area contributed by atoms with E-state index in [0.29, 0.717) is 18.8 Å². The highest BCUT2D eigenvalue weighted by Crippen LogP contribution is 2.31. The lowest BCUT2D eigenvalue weighted by Gasteiger charge is -2.33. The van der Waals surface area contributed by atoms with E-state index in [1.807, 2.05) is 24.3 Å². The van der Waals surface area contributed by atoms with Crippen molar-refractivity contribution in [1.29, 1.82) is 0 Å². The van der Waals surface area contributed by atoms with E-state index >= 15 is 0 Å². The summed E-state index contributed by atoms with van der Waals surface area (Å²) < 4.78 is 7.34. The number of aliphatic hydroxyl groups excluding tert-OH is 1. The Kier molecular flexibility index (Phi) is 4.07. The zero-order valence-corrected chi connectivity index (χ0v) is 13.6. The van der Waals surface area contributed by atoms with Crippen LogP contribution in [0.5, 0.6) is 0 Å². The molecule has 1 atom stereocenters. The number of nitrogens with zero attached hydrogens (tertiary/aromatic N) is 4. The molecule has 3 heterocycles. The topological polar surface area (TPSA) is 84.4 Å². The van der Waals surface area contributed by atoms with Gasteiger partial charge in [0.15, 0.2) is 5.76 Å². The average Bonchev–Trinajstić information content (AvgIpc) is 3.32. The van der Waals surface area contributed by atoms with Crippen molar-refractivity contribution in [2.75, 3.05) is 18.1 Å². The number of aromatic nitrogens is 3. The molecule has 0 fully saturated rings. The molecule has 0 bridgehead atoms. The van der Waals surface area contributed by atoms with Crippen LogP contribution in [0.15, 0.2) is 53.2 Å². The first-order chi connectivity index (χ1) is 12.2. The molecule has 0 radical (unpaired) electrons. The van der Waals surface area contributed by atoms with Crippen molar-refractivity contribution in [3.05, 3.63) is 65.9 Å². The van der Waals surface area contributed by atoms with Crippen molar-refractivity contribution in [2.24, 2.45) is 5.92 Å². The van der Waals surface area contributed by atoms with E-state index in [1.165, 1.54) is 0 Å². The molecule has 0 saturated carbocycles. The first-order valence-electron chi connectivity index (χ1n) is 8.18. The summed E-state index contributed by atoms with van der Waals surface area (Å²) in [4.78, 5) is 14.6. The Bertz CT molecular complexity index is 872. The lowest BCUT2D eigenvalue weighted by molar-refractivity contribution is 0.0945. The summed E-state index contributed by atoms with van der Waals surface area (Å²) in [5.41, 5.74) is 1.95. The molecule has 1 aromatic carbocycles. The number of carbonyl (C=O) groups is 1. The summed E-state index contributed by atoms with van der Waals surface area (Å²) in [5.74, 6) is 0.750. The number of para-hydroxylation sites is 1.